The fraction of sp³-hybridized carbons (Fsp3) is 0.389. The number of aromatic nitrogens is 1. The lowest BCUT2D eigenvalue weighted by atomic mass is 9.96. The van der Waals surface area contributed by atoms with Gasteiger partial charge in [-0.3, -0.25) is 9.59 Å². The molecule has 1 aliphatic rings. The maximum atomic E-state index is 12.6. The Balaban J connectivity index is 1.67. The van der Waals surface area contributed by atoms with Crippen LogP contribution in [-0.2, 0) is 4.79 Å². The SMILES string of the molecule is COc1ccc(Nc2nc(C(=O)N3CCC(C(N)=O)CC3)cs2)c(OC)c1. The van der Waals surface area contributed by atoms with Gasteiger partial charge in [0.1, 0.15) is 17.2 Å². The Hall–Kier alpha value is -2.81. The average Bonchev–Trinajstić information content (AvgIpc) is 3.16. The van der Waals surface area contributed by atoms with Crippen LogP contribution in [0, 0.1) is 5.92 Å². The number of methoxy groups -OCH3 is 2. The number of rotatable bonds is 6. The number of carbonyl (C=O) groups excluding carboxylic acids is 2. The minimum absolute atomic E-state index is 0.135. The molecule has 2 heterocycles. The van der Waals surface area contributed by atoms with Gasteiger partial charge in [-0.05, 0) is 25.0 Å². The molecular weight excluding hydrogens is 368 g/mol. The number of nitrogens with two attached hydrogens (primary N) is 1. The van der Waals surface area contributed by atoms with Crippen LogP contribution in [0.25, 0.3) is 0 Å². The topological polar surface area (TPSA) is 107 Å². The lowest BCUT2D eigenvalue weighted by Crippen LogP contribution is -2.41. The molecule has 8 nitrogen and oxygen atoms in total. The minimum atomic E-state index is -0.296. The van der Waals surface area contributed by atoms with Gasteiger partial charge >= 0.3 is 0 Å². The number of benzene rings is 1. The zero-order valence-corrected chi connectivity index (χ0v) is 16.0. The maximum Gasteiger partial charge on any atom is 0.273 e. The molecule has 0 bridgehead atoms. The molecule has 0 saturated carbocycles. The second-order valence-corrected chi connectivity index (χ2v) is 7.06. The number of nitrogens with zero attached hydrogens (tertiary/aromatic N) is 2. The van der Waals surface area contributed by atoms with Crippen molar-refractivity contribution >= 4 is 34.0 Å². The van der Waals surface area contributed by atoms with Crippen molar-refractivity contribution in [1.82, 2.24) is 9.88 Å². The molecule has 27 heavy (non-hydrogen) atoms. The van der Waals surface area contributed by atoms with Gasteiger partial charge in [0.25, 0.3) is 5.91 Å². The number of thiazole rings is 1. The van der Waals surface area contributed by atoms with Gasteiger partial charge in [-0.1, -0.05) is 0 Å². The first kappa shape index (κ1) is 19.0. The lowest BCUT2D eigenvalue weighted by Gasteiger charge is -2.30. The van der Waals surface area contributed by atoms with E-state index < -0.39 is 0 Å². The quantitative estimate of drug-likeness (QED) is 0.783. The molecule has 2 amide bonds. The number of ether oxygens (including phenoxy) is 2. The number of carbonyl (C=O) groups is 2. The molecular formula is C18H22N4O4S. The first-order valence-electron chi connectivity index (χ1n) is 8.55. The third-order valence-electron chi connectivity index (χ3n) is 4.56. The Morgan fingerprint density at radius 1 is 1.26 bits per heavy atom. The summed E-state index contributed by atoms with van der Waals surface area (Å²) < 4.78 is 10.5. The highest BCUT2D eigenvalue weighted by Crippen LogP contribution is 2.32. The molecule has 1 aromatic carbocycles. The summed E-state index contributed by atoms with van der Waals surface area (Å²) in [5, 5.41) is 5.48. The van der Waals surface area contributed by atoms with E-state index in [0.29, 0.717) is 48.3 Å². The molecule has 9 heteroatoms. The van der Waals surface area contributed by atoms with Crippen molar-refractivity contribution in [3.8, 4) is 11.5 Å². The fourth-order valence-corrected chi connectivity index (χ4v) is 3.67. The van der Waals surface area contributed by atoms with Gasteiger partial charge in [-0.25, -0.2) is 4.98 Å². The molecule has 3 N–H and O–H groups in total. The number of primary amides is 1. The number of anilines is 2. The van der Waals surface area contributed by atoms with Crippen molar-refractivity contribution in [1.29, 1.82) is 0 Å². The number of piperidine rings is 1. The van der Waals surface area contributed by atoms with Crippen molar-refractivity contribution in [2.45, 2.75) is 12.8 Å². The van der Waals surface area contributed by atoms with Gasteiger partial charge in [0.2, 0.25) is 5.91 Å². The molecule has 0 atom stereocenters. The lowest BCUT2D eigenvalue weighted by molar-refractivity contribution is -0.123. The highest BCUT2D eigenvalue weighted by atomic mass is 32.1. The molecule has 1 saturated heterocycles. The van der Waals surface area contributed by atoms with E-state index in [-0.39, 0.29) is 17.7 Å². The summed E-state index contributed by atoms with van der Waals surface area (Å²) in [5.41, 5.74) is 6.45. The van der Waals surface area contributed by atoms with E-state index in [9.17, 15) is 9.59 Å². The van der Waals surface area contributed by atoms with Crippen LogP contribution in [0.3, 0.4) is 0 Å². The Morgan fingerprint density at radius 2 is 2.00 bits per heavy atom. The van der Waals surface area contributed by atoms with Crippen LogP contribution in [0.4, 0.5) is 10.8 Å². The van der Waals surface area contributed by atoms with Gasteiger partial charge < -0.3 is 25.4 Å². The van der Waals surface area contributed by atoms with Crippen LogP contribution < -0.4 is 20.5 Å². The molecule has 3 rings (SSSR count). The predicted molar refractivity (Wildman–Crippen MR) is 103 cm³/mol. The number of hydrogen-bond acceptors (Lipinski definition) is 7. The van der Waals surface area contributed by atoms with Gasteiger partial charge in [-0.15, -0.1) is 11.3 Å². The average molecular weight is 390 g/mol. The van der Waals surface area contributed by atoms with Crippen molar-refractivity contribution in [3.63, 3.8) is 0 Å². The van der Waals surface area contributed by atoms with Crippen LogP contribution in [0.15, 0.2) is 23.6 Å². The molecule has 1 fully saturated rings. The molecule has 0 spiro atoms. The smallest absolute Gasteiger partial charge is 0.273 e. The molecule has 1 aliphatic heterocycles. The van der Waals surface area contributed by atoms with E-state index in [1.165, 1.54) is 11.3 Å². The molecule has 0 unspecified atom stereocenters. The summed E-state index contributed by atoms with van der Waals surface area (Å²) >= 11 is 1.34. The summed E-state index contributed by atoms with van der Waals surface area (Å²) in [6.07, 6.45) is 1.19. The second-order valence-electron chi connectivity index (χ2n) is 6.20. The zero-order valence-electron chi connectivity index (χ0n) is 15.2. The third-order valence-corrected chi connectivity index (χ3v) is 5.32. The second kappa shape index (κ2) is 8.26. The van der Waals surface area contributed by atoms with Crippen LogP contribution in [-0.4, -0.2) is 49.0 Å². The molecule has 0 aliphatic carbocycles. The van der Waals surface area contributed by atoms with E-state index in [1.54, 1.807) is 30.6 Å². The van der Waals surface area contributed by atoms with E-state index in [2.05, 4.69) is 10.3 Å². The predicted octanol–water partition coefficient (Wildman–Crippen LogP) is 2.24. The Bertz CT molecular complexity index is 831. The van der Waals surface area contributed by atoms with E-state index in [0.717, 1.165) is 5.69 Å². The highest BCUT2D eigenvalue weighted by Gasteiger charge is 2.27. The molecule has 0 radical (unpaired) electrons. The Labute approximate surface area is 161 Å². The van der Waals surface area contributed by atoms with Gasteiger partial charge in [-0.2, -0.15) is 0 Å². The largest absolute Gasteiger partial charge is 0.497 e. The number of nitrogens with one attached hydrogen (secondary N) is 1. The highest BCUT2D eigenvalue weighted by molar-refractivity contribution is 7.14. The fourth-order valence-electron chi connectivity index (χ4n) is 2.98. The first-order valence-corrected chi connectivity index (χ1v) is 9.43. The first-order chi connectivity index (χ1) is 13.0. The molecule has 2 aromatic rings. The standard InChI is InChI=1S/C18H22N4O4S/c1-25-12-3-4-13(15(9-12)26-2)20-18-21-14(10-27-18)17(24)22-7-5-11(6-8-22)16(19)23/h3-4,9-11H,5-8H2,1-2H3,(H2,19,23)(H,20,21). The molecule has 144 valence electrons. The van der Waals surface area contributed by atoms with Crippen molar-refractivity contribution < 1.29 is 19.1 Å². The summed E-state index contributed by atoms with van der Waals surface area (Å²) in [6.45, 7) is 1.03. The van der Waals surface area contributed by atoms with Gasteiger partial charge in [0.15, 0.2) is 5.13 Å². The van der Waals surface area contributed by atoms with Gasteiger partial charge in [0.05, 0.1) is 19.9 Å². The third kappa shape index (κ3) is 4.30. The van der Waals surface area contributed by atoms with Gasteiger partial charge in [0, 0.05) is 30.5 Å². The van der Waals surface area contributed by atoms with E-state index in [4.69, 9.17) is 15.2 Å². The van der Waals surface area contributed by atoms with Crippen LogP contribution in [0.5, 0.6) is 11.5 Å². The van der Waals surface area contributed by atoms with Crippen LogP contribution in [0.2, 0.25) is 0 Å². The maximum absolute atomic E-state index is 12.6. The Morgan fingerprint density at radius 3 is 2.63 bits per heavy atom. The zero-order chi connectivity index (χ0) is 19.4. The summed E-state index contributed by atoms with van der Waals surface area (Å²) in [7, 11) is 3.17. The van der Waals surface area contributed by atoms with Crippen molar-refractivity contribution in [2.24, 2.45) is 11.7 Å². The van der Waals surface area contributed by atoms with E-state index >= 15 is 0 Å². The summed E-state index contributed by atoms with van der Waals surface area (Å²) in [6, 6.07) is 5.41. The number of likely N-dealkylation sites (tertiary alicyclic amines) is 1. The van der Waals surface area contributed by atoms with Crippen molar-refractivity contribution in [2.75, 3.05) is 32.6 Å². The van der Waals surface area contributed by atoms with Crippen LogP contribution in [0.1, 0.15) is 23.3 Å². The molecule has 1 aromatic heterocycles. The number of hydrogen-bond donors (Lipinski definition) is 2. The van der Waals surface area contributed by atoms with Crippen molar-refractivity contribution in [3.05, 3.63) is 29.3 Å². The monoisotopic (exact) mass is 390 g/mol. The van der Waals surface area contributed by atoms with E-state index in [1.807, 2.05) is 12.1 Å². The minimum Gasteiger partial charge on any atom is -0.497 e. The summed E-state index contributed by atoms with van der Waals surface area (Å²) in [4.78, 5) is 30.0. The van der Waals surface area contributed by atoms with Crippen LogP contribution >= 0.6 is 11.3 Å². The number of amides is 2. The Kier molecular flexibility index (Phi) is 5.80. The normalized spacial score (nSPS) is 14.7. The summed E-state index contributed by atoms with van der Waals surface area (Å²) in [5.74, 6) is 0.724.